The quantitative estimate of drug-likeness (QED) is 0.647. The molecule has 8 heteroatoms. The maximum atomic E-state index is 12.3. The number of esters is 1. The van der Waals surface area contributed by atoms with Gasteiger partial charge in [0.1, 0.15) is 5.88 Å². The van der Waals surface area contributed by atoms with E-state index in [2.05, 4.69) is 19.8 Å². The zero-order valence-corrected chi connectivity index (χ0v) is 14.8. The van der Waals surface area contributed by atoms with Crippen molar-refractivity contribution in [1.29, 1.82) is 0 Å². The molecule has 0 saturated carbocycles. The van der Waals surface area contributed by atoms with E-state index in [0.29, 0.717) is 16.9 Å². The molecule has 3 aromatic rings. The van der Waals surface area contributed by atoms with E-state index in [0.717, 1.165) is 10.8 Å². The van der Waals surface area contributed by atoms with Crippen LogP contribution in [0.3, 0.4) is 0 Å². The van der Waals surface area contributed by atoms with Gasteiger partial charge in [-0.05, 0) is 41.8 Å². The normalized spacial score (nSPS) is 11.1. The molecule has 2 aromatic carbocycles. The topological polar surface area (TPSA) is 97.4 Å². The highest BCUT2D eigenvalue weighted by molar-refractivity contribution is 7.92. The molecule has 0 aliphatic carbocycles. The van der Waals surface area contributed by atoms with Crippen molar-refractivity contribution >= 4 is 38.1 Å². The molecule has 0 spiro atoms. The summed E-state index contributed by atoms with van der Waals surface area (Å²) in [7, 11) is -2.34. The smallest absolute Gasteiger partial charge is 0.337 e. The summed E-state index contributed by atoms with van der Waals surface area (Å²) in [5, 5.41) is 4.61. The number of ether oxygens (including phenoxy) is 1. The van der Waals surface area contributed by atoms with Crippen molar-refractivity contribution < 1.29 is 17.9 Å². The number of hydrogen-bond donors (Lipinski definition) is 2. The van der Waals surface area contributed by atoms with Gasteiger partial charge in [-0.2, -0.15) is 0 Å². The van der Waals surface area contributed by atoms with Crippen LogP contribution in [0.5, 0.6) is 0 Å². The lowest BCUT2D eigenvalue weighted by Gasteiger charge is -2.11. The highest BCUT2D eigenvalue weighted by atomic mass is 32.2. The number of benzene rings is 2. The number of aromatic nitrogens is 1. The number of carbonyl (C=O) groups excluding carboxylic acids is 1. The molecule has 1 aromatic heterocycles. The Hall–Kier alpha value is -3.13. The molecule has 0 aliphatic rings. The summed E-state index contributed by atoms with van der Waals surface area (Å²) >= 11 is 0. The third-order valence-electron chi connectivity index (χ3n) is 3.66. The predicted octanol–water partition coefficient (Wildman–Crippen LogP) is 2.83. The maximum absolute atomic E-state index is 12.3. The second kappa shape index (κ2) is 7.40. The third kappa shape index (κ3) is 4.28. The van der Waals surface area contributed by atoms with E-state index in [1.165, 1.54) is 13.2 Å². The van der Waals surface area contributed by atoms with Crippen molar-refractivity contribution in [1.82, 2.24) is 4.98 Å². The van der Waals surface area contributed by atoms with Crippen molar-refractivity contribution in [2.45, 2.75) is 0 Å². The molecular formula is C18H17N3O4S. The fraction of sp³-hybridized carbons (Fsp3) is 0.111. The fourth-order valence-electron chi connectivity index (χ4n) is 2.41. The van der Waals surface area contributed by atoms with E-state index in [9.17, 15) is 13.2 Å². The van der Waals surface area contributed by atoms with Gasteiger partial charge < -0.3 is 10.1 Å². The minimum atomic E-state index is -3.63. The molecule has 0 unspecified atom stereocenters. The van der Waals surface area contributed by atoms with Gasteiger partial charge in [0, 0.05) is 29.2 Å². The maximum Gasteiger partial charge on any atom is 0.337 e. The third-order valence-corrected chi connectivity index (χ3v) is 4.73. The van der Waals surface area contributed by atoms with Crippen LogP contribution < -0.4 is 10.0 Å². The average Bonchev–Trinajstić information content (AvgIpc) is 2.65. The lowest BCUT2D eigenvalue weighted by molar-refractivity contribution is 0.0601. The number of rotatable bonds is 6. The second-order valence-electron chi connectivity index (χ2n) is 5.55. The van der Waals surface area contributed by atoms with Gasteiger partial charge in [-0.25, -0.2) is 13.2 Å². The Morgan fingerprint density at radius 3 is 2.73 bits per heavy atom. The number of fused-ring (bicyclic) bond motifs is 1. The molecular weight excluding hydrogens is 354 g/mol. The van der Waals surface area contributed by atoms with Crippen molar-refractivity contribution in [3.63, 3.8) is 0 Å². The van der Waals surface area contributed by atoms with Gasteiger partial charge in [-0.3, -0.25) is 9.71 Å². The number of hydrogen-bond acceptors (Lipinski definition) is 6. The summed E-state index contributed by atoms with van der Waals surface area (Å²) in [5.41, 5.74) is 1.31. The van der Waals surface area contributed by atoms with Gasteiger partial charge in [0.15, 0.2) is 0 Å². The standard InChI is InChI=1S/C18H17N3O4S/c1-25-18(22)14-3-2-4-16(10-14)20-12-26(23,24)21-17-6-5-15-11-19-8-7-13(15)9-17/h2-11,20-21H,12H2,1H3. The van der Waals surface area contributed by atoms with Crippen molar-refractivity contribution in [3.8, 4) is 0 Å². The van der Waals surface area contributed by atoms with Crippen LogP contribution in [-0.4, -0.2) is 32.4 Å². The Kier molecular flexibility index (Phi) is 5.04. The van der Waals surface area contributed by atoms with Crippen molar-refractivity contribution in [2.24, 2.45) is 0 Å². The van der Waals surface area contributed by atoms with Crippen LogP contribution in [0.25, 0.3) is 10.8 Å². The van der Waals surface area contributed by atoms with E-state index in [1.807, 2.05) is 6.07 Å². The minimum absolute atomic E-state index is 0.339. The average molecular weight is 371 g/mol. The highest BCUT2D eigenvalue weighted by Crippen LogP contribution is 2.19. The van der Waals surface area contributed by atoms with Crippen LogP contribution in [0.2, 0.25) is 0 Å². The largest absolute Gasteiger partial charge is 0.465 e. The van der Waals surface area contributed by atoms with Crippen molar-refractivity contribution in [2.75, 3.05) is 23.0 Å². The molecule has 0 fully saturated rings. The van der Waals surface area contributed by atoms with Crippen LogP contribution in [0.4, 0.5) is 11.4 Å². The monoisotopic (exact) mass is 371 g/mol. The van der Waals surface area contributed by atoms with Crippen LogP contribution in [0.15, 0.2) is 60.9 Å². The molecule has 0 saturated heterocycles. The van der Waals surface area contributed by atoms with Gasteiger partial charge in [-0.15, -0.1) is 0 Å². The van der Waals surface area contributed by atoms with Crippen LogP contribution in [0, 0.1) is 0 Å². The predicted molar refractivity (Wildman–Crippen MR) is 101 cm³/mol. The number of carbonyl (C=O) groups is 1. The summed E-state index contributed by atoms with van der Waals surface area (Å²) in [6.07, 6.45) is 3.36. The van der Waals surface area contributed by atoms with E-state index in [4.69, 9.17) is 0 Å². The molecule has 1 heterocycles. The molecule has 0 amide bonds. The number of anilines is 2. The summed E-state index contributed by atoms with van der Waals surface area (Å²) in [5.74, 6) is -0.827. The van der Waals surface area contributed by atoms with E-state index in [-0.39, 0.29) is 5.88 Å². The highest BCUT2D eigenvalue weighted by Gasteiger charge is 2.12. The number of nitrogens with zero attached hydrogens (tertiary/aromatic N) is 1. The molecule has 134 valence electrons. The number of methoxy groups -OCH3 is 1. The van der Waals surface area contributed by atoms with Crippen molar-refractivity contribution in [3.05, 3.63) is 66.5 Å². The molecule has 7 nitrogen and oxygen atoms in total. The molecule has 3 rings (SSSR count). The first-order valence-corrected chi connectivity index (χ1v) is 9.38. The molecule has 0 radical (unpaired) electrons. The molecule has 0 bridgehead atoms. The minimum Gasteiger partial charge on any atom is -0.465 e. The first kappa shape index (κ1) is 17.7. The van der Waals surface area contributed by atoms with Gasteiger partial charge >= 0.3 is 5.97 Å². The molecule has 26 heavy (non-hydrogen) atoms. The summed E-state index contributed by atoms with van der Waals surface area (Å²) in [6, 6.07) is 13.5. The second-order valence-corrected chi connectivity index (χ2v) is 7.27. The van der Waals surface area contributed by atoms with Gasteiger partial charge in [-0.1, -0.05) is 12.1 Å². The molecule has 2 N–H and O–H groups in total. The molecule has 0 atom stereocenters. The first-order chi connectivity index (χ1) is 12.5. The van der Waals surface area contributed by atoms with Gasteiger partial charge in [0.25, 0.3) is 10.0 Å². The Balaban J connectivity index is 1.69. The van der Waals surface area contributed by atoms with E-state index in [1.54, 1.807) is 48.8 Å². The Morgan fingerprint density at radius 2 is 1.92 bits per heavy atom. The molecule has 0 aliphatic heterocycles. The Morgan fingerprint density at radius 1 is 1.08 bits per heavy atom. The van der Waals surface area contributed by atoms with Gasteiger partial charge in [0.05, 0.1) is 12.7 Å². The Labute approximate surface area is 151 Å². The SMILES string of the molecule is COC(=O)c1cccc(NCS(=O)(=O)Nc2ccc3cnccc3c2)c1. The number of pyridine rings is 1. The van der Waals surface area contributed by atoms with Gasteiger partial charge in [0.2, 0.25) is 0 Å². The Bertz CT molecular complexity index is 1050. The van der Waals surface area contributed by atoms with Crippen LogP contribution in [0.1, 0.15) is 10.4 Å². The number of nitrogens with one attached hydrogen (secondary N) is 2. The zero-order valence-electron chi connectivity index (χ0n) is 14.0. The lowest BCUT2D eigenvalue weighted by atomic mass is 10.2. The number of sulfonamides is 1. The van der Waals surface area contributed by atoms with E-state index >= 15 is 0 Å². The fourth-order valence-corrected chi connectivity index (χ4v) is 3.33. The zero-order chi connectivity index (χ0) is 18.6. The van der Waals surface area contributed by atoms with Crippen LogP contribution >= 0.6 is 0 Å². The summed E-state index contributed by atoms with van der Waals surface area (Å²) < 4.78 is 31.8. The van der Waals surface area contributed by atoms with Crippen LogP contribution in [-0.2, 0) is 14.8 Å². The lowest BCUT2D eigenvalue weighted by Crippen LogP contribution is -2.22. The van der Waals surface area contributed by atoms with E-state index < -0.39 is 16.0 Å². The summed E-state index contributed by atoms with van der Waals surface area (Å²) in [6.45, 7) is 0. The summed E-state index contributed by atoms with van der Waals surface area (Å²) in [4.78, 5) is 15.6. The first-order valence-electron chi connectivity index (χ1n) is 7.73.